The van der Waals surface area contributed by atoms with Crippen LogP contribution in [-0.2, 0) is 29.6 Å². The predicted molar refractivity (Wildman–Crippen MR) is 147 cm³/mol. The van der Waals surface area contributed by atoms with Crippen LogP contribution in [-0.4, -0.2) is 75.1 Å². The molecule has 2 N–H and O–H groups in total. The molecule has 5 heterocycles. The molecule has 210 valence electrons. The normalized spacial score (nSPS) is 39.6. The Labute approximate surface area is 232 Å². The third-order valence-corrected chi connectivity index (χ3v) is 15.6. The highest BCUT2D eigenvalue weighted by Crippen LogP contribution is 2.90. The fourth-order valence-electron chi connectivity index (χ4n) is 8.40. The second-order valence-corrected chi connectivity index (χ2v) is 17.9. The van der Waals surface area contributed by atoms with Crippen molar-refractivity contribution in [3.05, 3.63) is 41.8 Å². The zero-order valence-electron chi connectivity index (χ0n) is 21.3. The molecule has 1 amide bonds. The number of likely N-dealkylation sites (tertiary alicyclic amines) is 1. The van der Waals surface area contributed by atoms with Gasteiger partial charge in [-0.3, -0.25) is 14.3 Å². The topological polar surface area (TPSA) is 142 Å². The Hall–Kier alpha value is -2.63. The molecule has 9 atom stereocenters. The third kappa shape index (κ3) is 3.43. The minimum Gasteiger partial charge on any atom is -0.341 e. The van der Waals surface area contributed by atoms with Crippen molar-refractivity contribution in [1.82, 2.24) is 4.90 Å². The second kappa shape index (κ2) is 8.01. The number of halogens is 1. The Morgan fingerprint density at radius 1 is 1.20 bits per heavy atom. The number of fused-ring (bicyclic) bond motifs is 2. The SMILES string of the molecule is CS(=O)(=O)Nc1ccc2c(c1)S(=O)(=O)N=C(C1C(=O)C3C(C4C5C6CC4P3C65)N(CC3=CC=C(F)CC3)C1=O)N2. The van der Waals surface area contributed by atoms with Crippen molar-refractivity contribution in [2.45, 2.75) is 47.2 Å². The Morgan fingerprint density at radius 2 is 2.00 bits per heavy atom. The Balaban J connectivity index is 1.17. The van der Waals surface area contributed by atoms with Crippen LogP contribution in [0.2, 0.25) is 0 Å². The summed E-state index contributed by atoms with van der Waals surface area (Å²) in [6, 6.07) is 3.77. The lowest BCUT2D eigenvalue weighted by atomic mass is 9.80. The molecule has 8 aliphatic rings. The van der Waals surface area contributed by atoms with Gasteiger partial charge >= 0.3 is 0 Å². The van der Waals surface area contributed by atoms with E-state index in [1.54, 1.807) is 11.0 Å². The summed E-state index contributed by atoms with van der Waals surface area (Å²) in [5, 5.41) is 2.93. The number of carbonyl (C=O) groups is 2. The molecular formula is C26H26FN4O6PS2. The van der Waals surface area contributed by atoms with Crippen LogP contribution in [0.25, 0.3) is 0 Å². The highest BCUT2D eigenvalue weighted by atomic mass is 32.2. The minimum atomic E-state index is -4.34. The van der Waals surface area contributed by atoms with Gasteiger partial charge in [-0.2, -0.15) is 8.42 Å². The number of benzene rings is 1. The van der Waals surface area contributed by atoms with Gasteiger partial charge in [-0.05, 0) is 66.2 Å². The number of Topliss-reactive ketones (excluding diaryl/α,β-unsaturated/α-hetero) is 1. The lowest BCUT2D eigenvalue weighted by Crippen LogP contribution is -2.63. The third-order valence-electron chi connectivity index (χ3n) is 9.70. The van der Waals surface area contributed by atoms with Gasteiger partial charge in [0.05, 0.1) is 17.6 Å². The zero-order chi connectivity index (χ0) is 27.9. The van der Waals surface area contributed by atoms with Crippen LogP contribution in [0, 0.1) is 23.7 Å². The summed E-state index contributed by atoms with van der Waals surface area (Å²) in [7, 11) is -8.57. The minimum absolute atomic E-state index is 0.0538. The summed E-state index contributed by atoms with van der Waals surface area (Å²) in [6.45, 7) is 0.291. The zero-order valence-corrected chi connectivity index (χ0v) is 23.8. The number of ketones is 1. The number of sulfonamides is 2. The van der Waals surface area contributed by atoms with Gasteiger partial charge in [0.15, 0.2) is 11.7 Å². The van der Waals surface area contributed by atoms with E-state index in [1.165, 1.54) is 18.2 Å². The van der Waals surface area contributed by atoms with Crippen molar-refractivity contribution in [3.63, 3.8) is 0 Å². The highest BCUT2D eigenvalue weighted by molar-refractivity contribution is 7.92. The van der Waals surface area contributed by atoms with Crippen LogP contribution in [0.1, 0.15) is 19.3 Å². The quantitative estimate of drug-likeness (QED) is 0.388. The molecule has 0 radical (unpaired) electrons. The Bertz CT molecular complexity index is 1740. The Morgan fingerprint density at radius 3 is 2.70 bits per heavy atom. The van der Waals surface area contributed by atoms with E-state index >= 15 is 0 Å². The van der Waals surface area contributed by atoms with Crippen molar-refractivity contribution in [1.29, 1.82) is 0 Å². The molecule has 14 heteroatoms. The lowest BCUT2D eigenvalue weighted by Gasteiger charge is -2.46. The summed E-state index contributed by atoms with van der Waals surface area (Å²) in [4.78, 5) is 29.9. The molecule has 6 bridgehead atoms. The summed E-state index contributed by atoms with van der Waals surface area (Å²) in [5.74, 6) is -0.898. The van der Waals surface area contributed by atoms with Gasteiger partial charge in [-0.25, -0.2) is 12.8 Å². The fraction of sp³-hybridized carbons (Fsp3) is 0.500. The van der Waals surface area contributed by atoms with Gasteiger partial charge in [0.2, 0.25) is 15.9 Å². The molecule has 2 saturated carbocycles. The number of nitrogens with one attached hydrogen (secondary N) is 2. The molecule has 0 spiro atoms. The average molecular weight is 605 g/mol. The number of amidine groups is 1. The first-order valence-corrected chi connectivity index (χ1v) is 18.2. The van der Waals surface area contributed by atoms with E-state index in [0.717, 1.165) is 24.3 Å². The maximum Gasteiger partial charge on any atom is 0.286 e. The van der Waals surface area contributed by atoms with E-state index in [0.29, 0.717) is 42.0 Å². The van der Waals surface area contributed by atoms with Crippen LogP contribution >= 0.6 is 7.92 Å². The fourth-order valence-corrected chi connectivity index (χ4v) is 15.3. The molecule has 9 rings (SSSR count). The van der Waals surface area contributed by atoms with Crippen LogP contribution in [0.4, 0.5) is 15.8 Å². The number of nitrogens with zero attached hydrogens (tertiary/aromatic N) is 2. The molecule has 1 aromatic rings. The van der Waals surface area contributed by atoms with Crippen molar-refractivity contribution in [2.24, 2.45) is 28.1 Å². The number of rotatable bonds is 5. The smallest absolute Gasteiger partial charge is 0.286 e. The molecule has 3 aliphatic carbocycles. The van der Waals surface area contributed by atoms with Gasteiger partial charge in [0, 0.05) is 24.7 Å². The van der Waals surface area contributed by atoms with Crippen LogP contribution < -0.4 is 10.0 Å². The first kappa shape index (κ1) is 25.1. The molecule has 40 heavy (non-hydrogen) atoms. The van der Waals surface area contributed by atoms with Crippen LogP contribution in [0.3, 0.4) is 0 Å². The van der Waals surface area contributed by atoms with Gasteiger partial charge in [-0.15, -0.1) is 4.40 Å². The molecule has 10 nitrogen and oxygen atoms in total. The van der Waals surface area contributed by atoms with E-state index in [4.69, 9.17) is 0 Å². The largest absolute Gasteiger partial charge is 0.341 e. The standard InChI is InChI=1S/C26H26FN4O6PS2/c1-39(34,35)29-13-6-7-15-17(8-13)40(36,37)30-25(28-15)20-22(32)24-21(19-16-9-14-18(19)23(14)38(16)24)31(26(20)33)10-11-2-4-12(27)5-3-11/h2,4,6-8,14,16,18-21,23-24,29H,3,5,9-10H2,1H3,(H,28,30). The van der Waals surface area contributed by atoms with E-state index in [2.05, 4.69) is 14.4 Å². The van der Waals surface area contributed by atoms with Crippen molar-refractivity contribution >= 4 is 56.9 Å². The van der Waals surface area contributed by atoms with E-state index in [9.17, 15) is 30.8 Å². The monoisotopic (exact) mass is 604 g/mol. The van der Waals surface area contributed by atoms with Gasteiger partial charge < -0.3 is 10.2 Å². The molecule has 6 fully saturated rings. The highest BCUT2D eigenvalue weighted by Gasteiger charge is 2.83. The summed E-state index contributed by atoms with van der Waals surface area (Å²) < 4.78 is 69.7. The molecule has 5 aliphatic heterocycles. The maximum absolute atomic E-state index is 14.2. The van der Waals surface area contributed by atoms with Gasteiger partial charge in [0.25, 0.3) is 10.0 Å². The molecular weight excluding hydrogens is 578 g/mol. The first-order chi connectivity index (χ1) is 18.9. The number of allylic oxidation sites excluding steroid dienone is 3. The van der Waals surface area contributed by atoms with Crippen LogP contribution in [0.15, 0.2) is 51.0 Å². The van der Waals surface area contributed by atoms with Gasteiger partial charge in [-0.1, -0.05) is 19.6 Å². The van der Waals surface area contributed by atoms with Crippen LogP contribution in [0.5, 0.6) is 0 Å². The lowest BCUT2D eigenvalue weighted by molar-refractivity contribution is -0.146. The summed E-state index contributed by atoms with van der Waals surface area (Å²) >= 11 is 0. The number of hydrogen-bond acceptors (Lipinski definition) is 7. The second-order valence-electron chi connectivity index (χ2n) is 11.9. The van der Waals surface area contributed by atoms with Crippen molar-refractivity contribution in [3.8, 4) is 0 Å². The van der Waals surface area contributed by atoms with Crippen molar-refractivity contribution < 1.29 is 30.8 Å². The number of piperidine rings is 1. The maximum atomic E-state index is 14.2. The molecule has 9 unspecified atom stereocenters. The number of carbonyl (C=O) groups excluding carboxylic acids is 2. The predicted octanol–water partition coefficient (Wildman–Crippen LogP) is 2.42. The summed E-state index contributed by atoms with van der Waals surface area (Å²) in [5.41, 5.74) is 1.86. The Kier molecular flexibility index (Phi) is 5.03. The van der Waals surface area contributed by atoms with E-state index in [-0.39, 0.29) is 51.8 Å². The first-order valence-electron chi connectivity index (χ1n) is 13.3. The summed E-state index contributed by atoms with van der Waals surface area (Å²) in [6.07, 6.45) is 5.98. The molecule has 0 aromatic heterocycles. The van der Waals surface area contributed by atoms with E-state index < -0.39 is 39.8 Å². The number of hydrogen-bond donors (Lipinski definition) is 2. The number of amides is 1. The van der Waals surface area contributed by atoms with Crippen molar-refractivity contribution in [2.75, 3.05) is 22.8 Å². The van der Waals surface area contributed by atoms with Gasteiger partial charge in [0.1, 0.15) is 16.6 Å². The molecule has 4 saturated heterocycles. The average Bonchev–Trinajstić information content (AvgIpc) is 3.18. The van der Waals surface area contributed by atoms with E-state index in [1.807, 2.05) is 0 Å². The number of anilines is 2. The molecule has 1 aromatic carbocycles.